The van der Waals surface area contributed by atoms with Crippen LogP contribution in [0, 0.1) is 6.92 Å². The fourth-order valence-corrected chi connectivity index (χ4v) is 1.97. The fourth-order valence-electron chi connectivity index (χ4n) is 1.81. The van der Waals surface area contributed by atoms with Crippen molar-refractivity contribution in [3.63, 3.8) is 0 Å². The molecule has 5 heteroatoms. The molecule has 0 saturated carbocycles. The number of halogens is 1. The van der Waals surface area contributed by atoms with Crippen molar-refractivity contribution in [2.45, 2.75) is 6.92 Å². The van der Waals surface area contributed by atoms with E-state index in [4.69, 9.17) is 22.1 Å². The van der Waals surface area contributed by atoms with Crippen molar-refractivity contribution in [1.82, 2.24) is 0 Å². The van der Waals surface area contributed by atoms with Crippen molar-refractivity contribution in [1.29, 1.82) is 0 Å². The molecule has 2 aromatic carbocycles. The molecular formula is C15H15ClN2O2. The molecule has 0 aliphatic carbocycles. The van der Waals surface area contributed by atoms with Crippen molar-refractivity contribution < 1.29 is 9.53 Å². The van der Waals surface area contributed by atoms with Gasteiger partial charge in [0, 0.05) is 11.8 Å². The molecule has 0 heterocycles. The topological polar surface area (TPSA) is 64.3 Å². The minimum atomic E-state index is -0.308. The molecule has 104 valence electrons. The van der Waals surface area contributed by atoms with E-state index in [9.17, 15) is 4.79 Å². The number of nitrogens with one attached hydrogen (secondary N) is 1. The second kappa shape index (κ2) is 5.84. The fraction of sp³-hybridized carbons (Fsp3) is 0.133. The number of nitrogens with two attached hydrogens (primary N) is 1. The molecule has 0 spiro atoms. The lowest BCUT2D eigenvalue weighted by Gasteiger charge is -2.10. The number of carbonyl (C=O) groups excluding carboxylic acids is 1. The maximum Gasteiger partial charge on any atom is 0.257 e. The van der Waals surface area contributed by atoms with Gasteiger partial charge in [0.2, 0.25) is 0 Å². The van der Waals surface area contributed by atoms with Gasteiger partial charge in [0.05, 0.1) is 23.4 Å². The number of aryl methyl sites for hydroxylation is 1. The number of anilines is 2. The Morgan fingerprint density at radius 3 is 2.65 bits per heavy atom. The second-order valence-corrected chi connectivity index (χ2v) is 4.80. The van der Waals surface area contributed by atoms with Gasteiger partial charge < -0.3 is 15.8 Å². The molecule has 0 bridgehead atoms. The van der Waals surface area contributed by atoms with E-state index in [-0.39, 0.29) is 5.91 Å². The normalized spacial score (nSPS) is 10.2. The Balaban J connectivity index is 2.27. The summed E-state index contributed by atoms with van der Waals surface area (Å²) in [7, 11) is 1.55. The largest absolute Gasteiger partial charge is 0.497 e. The van der Waals surface area contributed by atoms with Gasteiger partial charge in [-0.2, -0.15) is 0 Å². The van der Waals surface area contributed by atoms with Crippen molar-refractivity contribution in [3.8, 4) is 5.75 Å². The second-order valence-electron chi connectivity index (χ2n) is 4.39. The number of amides is 1. The van der Waals surface area contributed by atoms with E-state index in [1.54, 1.807) is 37.4 Å². The first kappa shape index (κ1) is 14.2. The zero-order chi connectivity index (χ0) is 14.7. The quantitative estimate of drug-likeness (QED) is 0.851. The lowest BCUT2D eigenvalue weighted by atomic mass is 10.1. The van der Waals surface area contributed by atoms with Gasteiger partial charge in [-0.3, -0.25) is 4.79 Å². The highest BCUT2D eigenvalue weighted by Crippen LogP contribution is 2.27. The monoisotopic (exact) mass is 290 g/mol. The molecule has 3 N–H and O–H groups in total. The third-order valence-corrected chi connectivity index (χ3v) is 3.20. The van der Waals surface area contributed by atoms with E-state index in [1.807, 2.05) is 13.0 Å². The SMILES string of the molecule is COc1ccc(Cl)c(NC(=O)c2ccc(C)cc2N)c1. The van der Waals surface area contributed by atoms with Crippen LogP contribution in [0.3, 0.4) is 0 Å². The number of carbonyl (C=O) groups is 1. The summed E-state index contributed by atoms with van der Waals surface area (Å²) in [4.78, 5) is 12.2. The Bertz CT molecular complexity index is 656. The minimum absolute atomic E-state index is 0.308. The number of methoxy groups -OCH3 is 1. The van der Waals surface area contributed by atoms with Crippen LogP contribution in [-0.4, -0.2) is 13.0 Å². The zero-order valence-electron chi connectivity index (χ0n) is 11.2. The lowest BCUT2D eigenvalue weighted by molar-refractivity contribution is 0.102. The average molecular weight is 291 g/mol. The lowest BCUT2D eigenvalue weighted by Crippen LogP contribution is -2.14. The highest BCUT2D eigenvalue weighted by Gasteiger charge is 2.12. The third kappa shape index (κ3) is 3.03. The molecule has 0 atom stereocenters. The van der Waals surface area contributed by atoms with Crippen LogP contribution in [0.1, 0.15) is 15.9 Å². The van der Waals surface area contributed by atoms with Gasteiger partial charge in [0.25, 0.3) is 5.91 Å². The van der Waals surface area contributed by atoms with E-state index in [2.05, 4.69) is 5.32 Å². The first-order valence-corrected chi connectivity index (χ1v) is 6.40. The molecule has 0 fully saturated rings. The molecule has 0 aliphatic heterocycles. The maximum atomic E-state index is 12.2. The number of nitrogen functional groups attached to an aromatic ring is 1. The molecule has 2 aromatic rings. The molecule has 0 aliphatic rings. The summed E-state index contributed by atoms with van der Waals surface area (Å²) in [5, 5.41) is 3.17. The predicted octanol–water partition coefficient (Wildman–Crippen LogP) is 3.49. The Morgan fingerprint density at radius 1 is 1.25 bits per heavy atom. The number of rotatable bonds is 3. The van der Waals surface area contributed by atoms with Gasteiger partial charge in [-0.15, -0.1) is 0 Å². The molecular weight excluding hydrogens is 276 g/mol. The van der Waals surface area contributed by atoms with E-state index in [0.717, 1.165) is 5.56 Å². The van der Waals surface area contributed by atoms with E-state index < -0.39 is 0 Å². The molecule has 1 amide bonds. The first-order chi connectivity index (χ1) is 9.51. The highest BCUT2D eigenvalue weighted by atomic mass is 35.5. The number of hydrogen-bond acceptors (Lipinski definition) is 3. The number of benzene rings is 2. The van der Waals surface area contributed by atoms with E-state index in [0.29, 0.717) is 27.7 Å². The van der Waals surface area contributed by atoms with Crippen LogP contribution in [0.2, 0.25) is 5.02 Å². The Hall–Kier alpha value is -2.20. The van der Waals surface area contributed by atoms with Crippen LogP contribution < -0.4 is 15.8 Å². The minimum Gasteiger partial charge on any atom is -0.497 e. The summed E-state index contributed by atoms with van der Waals surface area (Å²) in [5.74, 6) is 0.305. The predicted molar refractivity (Wildman–Crippen MR) is 81.5 cm³/mol. The summed E-state index contributed by atoms with van der Waals surface area (Å²) in [6.45, 7) is 1.91. The van der Waals surface area contributed by atoms with Gasteiger partial charge in [0.15, 0.2) is 0 Å². The van der Waals surface area contributed by atoms with Crippen LogP contribution in [0.15, 0.2) is 36.4 Å². The van der Waals surface area contributed by atoms with Gasteiger partial charge in [-0.1, -0.05) is 17.7 Å². The van der Waals surface area contributed by atoms with Crippen LogP contribution in [0.5, 0.6) is 5.75 Å². The third-order valence-electron chi connectivity index (χ3n) is 2.87. The summed E-state index contributed by atoms with van der Waals surface area (Å²) in [6.07, 6.45) is 0. The summed E-state index contributed by atoms with van der Waals surface area (Å²) in [5.41, 5.74) is 8.18. The van der Waals surface area contributed by atoms with E-state index in [1.165, 1.54) is 0 Å². The van der Waals surface area contributed by atoms with Crippen LogP contribution in [0.4, 0.5) is 11.4 Å². The smallest absolute Gasteiger partial charge is 0.257 e. The Kier molecular flexibility index (Phi) is 4.15. The van der Waals surface area contributed by atoms with Crippen molar-refractivity contribution in [2.24, 2.45) is 0 Å². The van der Waals surface area contributed by atoms with Gasteiger partial charge in [-0.25, -0.2) is 0 Å². The number of hydrogen-bond donors (Lipinski definition) is 2. The molecule has 0 radical (unpaired) electrons. The molecule has 20 heavy (non-hydrogen) atoms. The molecule has 0 unspecified atom stereocenters. The average Bonchev–Trinajstić information content (AvgIpc) is 2.41. The van der Waals surface area contributed by atoms with Crippen LogP contribution in [-0.2, 0) is 0 Å². The maximum absolute atomic E-state index is 12.2. The standard InChI is InChI=1S/C15H15ClN2O2/c1-9-3-5-11(13(17)7-9)15(19)18-14-8-10(20-2)4-6-12(14)16/h3-8H,17H2,1-2H3,(H,18,19). The van der Waals surface area contributed by atoms with Crippen molar-refractivity contribution >= 4 is 28.9 Å². The Morgan fingerprint density at radius 2 is 2.00 bits per heavy atom. The van der Waals surface area contributed by atoms with Gasteiger partial charge in [0.1, 0.15) is 5.75 Å². The van der Waals surface area contributed by atoms with Crippen LogP contribution >= 0.6 is 11.6 Å². The first-order valence-electron chi connectivity index (χ1n) is 6.02. The van der Waals surface area contributed by atoms with Crippen LogP contribution in [0.25, 0.3) is 0 Å². The van der Waals surface area contributed by atoms with Crippen molar-refractivity contribution in [3.05, 3.63) is 52.5 Å². The molecule has 2 rings (SSSR count). The van der Waals surface area contributed by atoms with Gasteiger partial charge >= 0.3 is 0 Å². The molecule has 0 aromatic heterocycles. The highest BCUT2D eigenvalue weighted by molar-refractivity contribution is 6.34. The molecule has 0 saturated heterocycles. The zero-order valence-corrected chi connectivity index (χ0v) is 12.0. The van der Waals surface area contributed by atoms with E-state index >= 15 is 0 Å². The molecule has 4 nitrogen and oxygen atoms in total. The number of ether oxygens (including phenoxy) is 1. The van der Waals surface area contributed by atoms with Gasteiger partial charge in [-0.05, 0) is 36.8 Å². The summed E-state index contributed by atoms with van der Waals surface area (Å²) in [6, 6.07) is 10.3. The summed E-state index contributed by atoms with van der Waals surface area (Å²) >= 11 is 6.05. The summed E-state index contributed by atoms with van der Waals surface area (Å²) < 4.78 is 5.10. The van der Waals surface area contributed by atoms with Crippen molar-refractivity contribution in [2.75, 3.05) is 18.2 Å². The Labute approximate surface area is 122 Å².